The molecule has 90 valence electrons. The Labute approximate surface area is 104 Å². The third kappa shape index (κ3) is 2.77. The molecule has 0 heterocycles. The molecule has 0 atom stereocenters. The maximum Gasteiger partial charge on any atom is 0.402 e. The average molecular weight is 239 g/mol. The predicted molar refractivity (Wildman–Crippen MR) is 73.7 cm³/mol. The zero-order valence-corrected chi connectivity index (χ0v) is 9.71. The zero-order valence-electron chi connectivity index (χ0n) is 9.71. The molecule has 0 fully saturated rings. The maximum atomic E-state index is 8.78. The normalized spacial score (nSPS) is 9.78. The molecule has 0 saturated carbocycles. The van der Waals surface area contributed by atoms with Crippen LogP contribution < -0.4 is 5.73 Å². The van der Waals surface area contributed by atoms with Crippen LogP contribution in [0.4, 0.5) is 4.79 Å². The SMILES string of the molecule is NC(=O)O.c1ccc2cc3ccccc3cc2c1. The van der Waals surface area contributed by atoms with Crippen LogP contribution in [0.1, 0.15) is 0 Å². The summed E-state index contributed by atoms with van der Waals surface area (Å²) >= 11 is 0. The highest BCUT2D eigenvalue weighted by Crippen LogP contribution is 2.21. The van der Waals surface area contributed by atoms with Gasteiger partial charge in [-0.1, -0.05) is 48.5 Å². The summed E-state index contributed by atoms with van der Waals surface area (Å²) in [4.78, 5) is 8.78. The van der Waals surface area contributed by atoms with E-state index in [9.17, 15) is 0 Å². The van der Waals surface area contributed by atoms with E-state index in [1.165, 1.54) is 21.5 Å². The quantitative estimate of drug-likeness (QED) is 0.588. The minimum absolute atomic E-state index is 1.31. The van der Waals surface area contributed by atoms with Crippen molar-refractivity contribution in [3.05, 3.63) is 60.7 Å². The first-order valence-electron chi connectivity index (χ1n) is 5.53. The molecule has 0 saturated heterocycles. The van der Waals surface area contributed by atoms with Crippen LogP contribution in [0.3, 0.4) is 0 Å². The van der Waals surface area contributed by atoms with Crippen LogP contribution in [0.5, 0.6) is 0 Å². The molecular formula is C15H13NO2. The number of amides is 1. The van der Waals surface area contributed by atoms with Gasteiger partial charge in [0.2, 0.25) is 0 Å². The van der Waals surface area contributed by atoms with E-state index < -0.39 is 6.09 Å². The molecule has 0 aliphatic heterocycles. The van der Waals surface area contributed by atoms with Crippen molar-refractivity contribution in [3.8, 4) is 0 Å². The summed E-state index contributed by atoms with van der Waals surface area (Å²) in [6, 6.07) is 21.4. The molecule has 0 aliphatic rings. The van der Waals surface area contributed by atoms with Crippen molar-refractivity contribution in [2.24, 2.45) is 5.73 Å². The molecular weight excluding hydrogens is 226 g/mol. The van der Waals surface area contributed by atoms with E-state index in [-0.39, 0.29) is 0 Å². The van der Waals surface area contributed by atoms with Gasteiger partial charge in [0.05, 0.1) is 0 Å². The van der Waals surface area contributed by atoms with E-state index in [1.54, 1.807) is 0 Å². The smallest absolute Gasteiger partial charge is 0.402 e. The van der Waals surface area contributed by atoms with Gasteiger partial charge >= 0.3 is 6.09 Å². The molecule has 0 aromatic heterocycles. The van der Waals surface area contributed by atoms with Crippen molar-refractivity contribution in [2.75, 3.05) is 0 Å². The van der Waals surface area contributed by atoms with Gasteiger partial charge in [-0.2, -0.15) is 0 Å². The summed E-state index contributed by atoms with van der Waals surface area (Å²) < 4.78 is 0. The minimum Gasteiger partial charge on any atom is -0.465 e. The second-order valence-electron chi connectivity index (χ2n) is 3.88. The Morgan fingerprint density at radius 3 is 1.22 bits per heavy atom. The van der Waals surface area contributed by atoms with Gasteiger partial charge in [0.1, 0.15) is 0 Å². The lowest BCUT2D eigenvalue weighted by Gasteiger charge is -2.00. The molecule has 3 aromatic rings. The monoisotopic (exact) mass is 239 g/mol. The molecule has 0 spiro atoms. The van der Waals surface area contributed by atoms with Crippen molar-refractivity contribution in [3.63, 3.8) is 0 Å². The number of carbonyl (C=O) groups is 1. The highest BCUT2D eigenvalue weighted by atomic mass is 16.4. The van der Waals surface area contributed by atoms with Crippen molar-refractivity contribution in [1.82, 2.24) is 0 Å². The fraction of sp³-hybridized carbons (Fsp3) is 0. The van der Waals surface area contributed by atoms with Crippen molar-refractivity contribution >= 4 is 27.6 Å². The number of primary amides is 1. The lowest BCUT2D eigenvalue weighted by molar-refractivity contribution is 0.205. The van der Waals surface area contributed by atoms with Gasteiger partial charge in [-0.15, -0.1) is 0 Å². The second-order valence-corrected chi connectivity index (χ2v) is 3.88. The van der Waals surface area contributed by atoms with Gasteiger partial charge in [0.25, 0.3) is 0 Å². The highest BCUT2D eigenvalue weighted by Gasteiger charge is 1.95. The van der Waals surface area contributed by atoms with E-state index >= 15 is 0 Å². The van der Waals surface area contributed by atoms with E-state index in [4.69, 9.17) is 9.90 Å². The van der Waals surface area contributed by atoms with Gasteiger partial charge in [-0.25, -0.2) is 4.79 Å². The van der Waals surface area contributed by atoms with Crippen LogP contribution in [0.2, 0.25) is 0 Å². The summed E-state index contributed by atoms with van der Waals surface area (Å²) in [6.07, 6.45) is -1.33. The Morgan fingerprint density at radius 1 is 0.778 bits per heavy atom. The lowest BCUT2D eigenvalue weighted by atomic mass is 10.0. The molecule has 3 aromatic carbocycles. The van der Waals surface area contributed by atoms with Crippen molar-refractivity contribution in [2.45, 2.75) is 0 Å². The Kier molecular flexibility index (Phi) is 3.44. The van der Waals surface area contributed by atoms with Gasteiger partial charge in [-0.05, 0) is 33.7 Å². The predicted octanol–water partition coefficient (Wildman–Crippen LogP) is 3.62. The molecule has 3 rings (SSSR count). The first kappa shape index (κ1) is 11.9. The number of carboxylic acid groups (broad SMARTS) is 1. The maximum absolute atomic E-state index is 8.78. The fourth-order valence-corrected chi connectivity index (χ4v) is 1.88. The van der Waals surface area contributed by atoms with Gasteiger partial charge in [-0.3, -0.25) is 0 Å². The van der Waals surface area contributed by atoms with Crippen LogP contribution in [0.15, 0.2) is 60.7 Å². The topological polar surface area (TPSA) is 63.3 Å². The number of fused-ring (bicyclic) bond motifs is 2. The average Bonchev–Trinajstić information content (AvgIpc) is 2.35. The lowest BCUT2D eigenvalue weighted by Crippen LogP contribution is -2.03. The van der Waals surface area contributed by atoms with E-state index in [0.717, 1.165) is 0 Å². The summed E-state index contributed by atoms with van der Waals surface area (Å²) in [5.41, 5.74) is 4.03. The molecule has 1 amide bonds. The number of benzene rings is 3. The molecule has 3 nitrogen and oxygen atoms in total. The van der Waals surface area contributed by atoms with Crippen LogP contribution >= 0.6 is 0 Å². The van der Waals surface area contributed by atoms with Crippen molar-refractivity contribution < 1.29 is 9.90 Å². The summed E-state index contributed by atoms with van der Waals surface area (Å²) in [5, 5.41) is 12.4. The van der Waals surface area contributed by atoms with Crippen molar-refractivity contribution in [1.29, 1.82) is 0 Å². The van der Waals surface area contributed by atoms with E-state index in [2.05, 4.69) is 66.4 Å². The van der Waals surface area contributed by atoms with E-state index in [0.29, 0.717) is 0 Å². The molecule has 0 bridgehead atoms. The minimum atomic E-state index is -1.33. The van der Waals surface area contributed by atoms with Crippen LogP contribution in [0, 0.1) is 0 Å². The second kappa shape index (κ2) is 5.19. The fourth-order valence-electron chi connectivity index (χ4n) is 1.88. The molecule has 0 radical (unpaired) electrons. The zero-order chi connectivity index (χ0) is 13.0. The molecule has 3 heteroatoms. The summed E-state index contributed by atoms with van der Waals surface area (Å²) in [7, 11) is 0. The number of hydrogen-bond donors (Lipinski definition) is 2. The number of nitrogens with two attached hydrogens (primary N) is 1. The Morgan fingerprint density at radius 2 is 1.00 bits per heavy atom. The standard InChI is InChI=1S/C14H10.CH3NO2/c1-2-6-12-10-14-8-4-3-7-13(14)9-11(12)5-1;2-1(3)4/h1-10H;2H2,(H,3,4). The largest absolute Gasteiger partial charge is 0.465 e. The van der Waals surface area contributed by atoms with Crippen LogP contribution in [-0.4, -0.2) is 11.2 Å². The number of rotatable bonds is 0. The number of hydrogen-bond acceptors (Lipinski definition) is 1. The molecule has 18 heavy (non-hydrogen) atoms. The van der Waals surface area contributed by atoms with Gasteiger partial charge < -0.3 is 10.8 Å². The summed E-state index contributed by atoms with van der Waals surface area (Å²) in [6.45, 7) is 0. The first-order chi connectivity index (χ1) is 8.66. The van der Waals surface area contributed by atoms with Gasteiger partial charge in [0, 0.05) is 0 Å². The first-order valence-corrected chi connectivity index (χ1v) is 5.53. The molecule has 0 unspecified atom stereocenters. The summed E-state index contributed by atoms with van der Waals surface area (Å²) in [5.74, 6) is 0. The third-order valence-electron chi connectivity index (χ3n) is 2.61. The van der Waals surface area contributed by atoms with Crippen LogP contribution in [-0.2, 0) is 0 Å². The third-order valence-corrected chi connectivity index (χ3v) is 2.61. The van der Waals surface area contributed by atoms with Crippen LogP contribution in [0.25, 0.3) is 21.5 Å². The highest BCUT2D eigenvalue weighted by molar-refractivity contribution is 5.98. The Bertz CT molecular complexity index is 583. The van der Waals surface area contributed by atoms with E-state index in [1.807, 2.05) is 0 Å². The van der Waals surface area contributed by atoms with Gasteiger partial charge in [0.15, 0.2) is 0 Å². The Hall–Kier alpha value is -2.55. The molecule has 0 aliphatic carbocycles. The molecule has 3 N–H and O–H groups in total. The Balaban J connectivity index is 0.000000267.